The van der Waals surface area contributed by atoms with Gasteiger partial charge in [-0.05, 0) is 12.5 Å². The zero-order chi connectivity index (χ0) is 30.0. The fraction of sp³-hybridized carbons (Fsp3) is 0.731. The highest BCUT2D eigenvalue weighted by atomic mass is 16.6. The molecule has 0 fully saturated rings. The lowest BCUT2D eigenvalue weighted by Crippen LogP contribution is -2.16. The van der Waals surface area contributed by atoms with Gasteiger partial charge in [-0.3, -0.25) is 25.0 Å². The minimum atomic E-state index is -0.683. The highest BCUT2D eigenvalue weighted by molar-refractivity contribution is 5.69. The van der Waals surface area contributed by atoms with Crippen LogP contribution < -0.4 is 5.32 Å². The van der Waals surface area contributed by atoms with Gasteiger partial charge in [-0.25, -0.2) is 0 Å². The van der Waals surface area contributed by atoms with E-state index in [4.69, 9.17) is 33.2 Å². The number of benzene rings is 1. The van der Waals surface area contributed by atoms with Crippen LogP contribution in [0.1, 0.15) is 32.6 Å². The van der Waals surface area contributed by atoms with E-state index in [1.165, 1.54) is 12.1 Å². The van der Waals surface area contributed by atoms with Gasteiger partial charge in [-0.1, -0.05) is 19.8 Å². The molecule has 0 spiro atoms. The van der Waals surface area contributed by atoms with E-state index in [1.54, 1.807) is 0 Å². The summed E-state index contributed by atoms with van der Waals surface area (Å²) in [6.07, 6.45) is 3.42. The van der Waals surface area contributed by atoms with Gasteiger partial charge in [-0.2, -0.15) is 0 Å². The van der Waals surface area contributed by atoms with E-state index >= 15 is 0 Å². The van der Waals surface area contributed by atoms with Gasteiger partial charge in [0.05, 0.1) is 95.2 Å². The number of nitro benzene ring substituents is 2. The predicted octanol–water partition coefficient (Wildman–Crippen LogP) is 3.14. The fourth-order valence-electron chi connectivity index (χ4n) is 3.20. The second-order valence-corrected chi connectivity index (χ2v) is 8.49. The molecular formula is C26H43N3O12. The lowest BCUT2D eigenvalue weighted by atomic mass is 10.2. The first-order valence-electron chi connectivity index (χ1n) is 13.7. The highest BCUT2D eigenvalue weighted by Gasteiger charge is 2.19. The standard InChI is InChI=1S/C26H43N3O12/c1-2-3-4-5-26(30)41-21-20-40-19-18-39-17-16-38-15-14-37-13-12-36-11-10-35-9-8-27-24-7-6-23(28(31)32)22-25(24)29(33)34/h6-7,22,27H,2-5,8-21H2,1H3. The topological polar surface area (TPSA) is 180 Å². The smallest absolute Gasteiger partial charge is 0.305 e. The van der Waals surface area contributed by atoms with E-state index in [0.717, 1.165) is 25.3 Å². The largest absolute Gasteiger partial charge is 0.463 e. The molecule has 0 aromatic heterocycles. The Bertz CT molecular complexity index is 859. The number of nitrogens with one attached hydrogen (secondary N) is 1. The van der Waals surface area contributed by atoms with Gasteiger partial charge < -0.3 is 38.5 Å². The van der Waals surface area contributed by atoms with Crippen LogP contribution in [0.15, 0.2) is 18.2 Å². The number of non-ortho nitro benzene ring substituents is 1. The zero-order valence-corrected chi connectivity index (χ0v) is 23.8. The number of hydrogen-bond donors (Lipinski definition) is 1. The number of hydrogen-bond acceptors (Lipinski definition) is 13. The zero-order valence-electron chi connectivity index (χ0n) is 23.8. The number of nitro groups is 2. The second kappa shape index (κ2) is 24.8. The molecule has 0 radical (unpaired) electrons. The predicted molar refractivity (Wildman–Crippen MR) is 148 cm³/mol. The summed E-state index contributed by atoms with van der Waals surface area (Å²) < 4.78 is 37.5. The van der Waals surface area contributed by atoms with Crippen LogP contribution in [0.2, 0.25) is 0 Å². The summed E-state index contributed by atoms with van der Waals surface area (Å²) in [6.45, 7) is 7.39. The minimum Gasteiger partial charge on any atom is -0.463 e. The van der Waals surface area contributed by atoms with Crippen LogP contribution in [0, 0.1) is 20.2 Å². The molecule has 0 saturated heterocycles. The van der Waals surface area contributed by atoms with Crippen molar-refractivity contribution in [1.29, 1.82) is 0 Å². The molecule has 0 aliphatic rings. The summed E-state index contributed by atoms with van der Waals surface area (Å²) in [4.78, 5) is 32.0. The Labute approximate surface area is 240 Å². The molecule has 1 rings (SSSR count). The first kappa shape index (κ1) is 36.1. The molecule has 234 valence electrons. The molecule has 0 atom stereocenters. The average molecular weight is 590 g/mol. The van der Waals surface area contributed by atoms with Crippen molar-refractivity contribution < 1.29 is 47.8 Å². The SMILES string of the molecule is CCCCCC(=O)OCCOCCOCCOCCOCCOCCOCCNc1ccc([N+](=O)[O-])cc1[N+](=O)[O-]. The van der Waals surface area contributed by atoms with Gasteiger partial charge in [0.15, 0.2) is 0 Å². The highest BCUT2D eigenvalue weighted by Crippen LogP contribution is 2.28. The minimum absolute atomic E-state index is 0.180. The van der Waals surface area contributed by atoms with Gasteiger partial charge in [0, 0.05) is 19.0 Å². The maximum absolute atomic E-state index is 11.4. The maximum atomic E-state index is 11.4. The summed E-state index contributed by atoms with van der Waals surface area (Å²) >= 11 is 0. The molecule has 0 aliphatic heterocycles. The molecule has 41 heavy (non-hydrogen) atoms. The number of carbonyl (C=O) groups is 1. The molecule has 0 amide bonds. The molecule has 0 aliphatic carbocycles. The third kappa shape index (κ3) is 19.7. The summed E-state index contributed by atoms with van der Waals surface area (Å²) in [5.74, 6) is -0.180. The summed E-state index contributed by atoms with van der Waals surface area (Å²) in [5.41, 5.74) is -0.528. The molecular weight excluding hydrogens is 546 g/mol. The van der Waals surface area contributed by atoms with Gasteiger partial charge in [-0.15, -0.1) is 0 Å². The number of ether oxygens (including phenoxy) is 7. The first-order valence-corrected chi connectivity index (χ1v) is 13.7. The Balaban J connectivity index is 1.82. The van der Waals surface area contributed by atoms with Crippen molar-refractivity contribution >= 4 is 23.0 Å². The van der Waals surface area contributed by atoms with Crippen LogP contribution in [-0.4, -0.2) is 108 Å². The van der Waals surface area contributed by atoms with Crippen LogP contribution in [0.25, 0.3) is 0 Å². The summed E-state index contributed by atoms with van der Waals surface area (Å²) in [5, 5.41) is 24.7. The van der Waals surface area contributed by atoms with Crippen LogP contribution in [-0.2, 0) is 38.0 Å². The molecule has 15 heteroatoms. The third-order valence-electron chi connectivity index (χ3n) is 5.29. The Morgan fingerprint density at radius 3 is 1.66 bits per heavy atom. The summed E-state index contributed by atoms with van der Waals surface area (Å²) in [7, 11) is 0. The molecule has 1 aromatic rings. The number of anilines is 1. The molecule has 15 nitrogen and oxygen atoms in total. The number of esters is 1. The Kier molecular flexibility index (Phi) is 21.8. The van der Waals surface area contributed by atoms with E-state index in [-0.39, 0.29) is 36.2 Å². The number of unbranched alkanes of at least 4 members (excludes halogenated alkanes) is 2. The van der Waals surface area contributed by atoms with Crippen LogP contribution in [0.3, 0.4) is 0 Å². The van der Waals surface area contributed by atoms with Crippen LogP contribution >= 0.6 is 0 Å². The van der Waals surface area contributed by atoms with Crippen LogP contribution in [0.5, 0.6) is 0 Å². The number of rotatable bonds is 28. The van der Waals surface area contributed by atoms with Gasteiger partial charge >= 0.3 is 5.97 Å². The molecule has 0 bridgehead atoms. The van der Waals surface area contributed by atoms with Crippen LogP contribution in [0.4, 0.5) is 17.1 Å². The van der Waals surface area contributed by atoms with Crippen molar-refractivity contribution in [3.63, 3.8) is 0 Å². The van der Waals surface area contributed by atoms with E-state index in [0.29, 0.717) is 85.6 Å². The molecule has 1 N–H and O–H groups in total. The van der Waals surface area contributed by atoms with E-state index in [1.807, 2.05) is 0 Å². The Morgan fingerprint density at radius 1 is 0.707 bits per heavy atom. The quantitative estimate of drug-likeness (QED) is 0.0652. The van der Waals surface area contributed by atoms with Crippen molar-refractivity contribution in [2.45, 2.75) is 32.6 Å². The second-order valence-electron chi connectivity index (χ2n) is 8.49. The van der Waals surface area contributed by atoms with Crippen molar-refractivity contribution in [3.05, 3.63) is 38.4 Å². The molecule has 0 unspecified atom stereocenters. The summed E-state index contributed by atoms with van der Waals surface area (Å²) in [6, 6.07) is 3.42. The van der Waals surface area contributed by atoms with E-state index < -0.39 is 9.85 Å². The maximum Gasteiger partial charge on any atom is 0.305 e. The fourth-order valence-corrected chi connectivity index (χ4v) is 3.20. The lowest BCUT2D eigenvalue weighted by molar-refractivity contribution is -0.393. The molecule has 1 aromatic carbocycles. The molecule has 0 saturated carbocycles. The third-order valence-corrected chi connectivity index (χ3v) is 5.29. The molecule has 0 heterocycles. The first-order chi connectivity index (χ1) is 20.0. The van der Waals surface area contributed by atoms with Gasteiger partial charge in [0.25, 0.3) is 11.4 Å². The van der Waals surface area contributed by atoms with Gasteiger partial charge in [0.1, 0.15) is 12.3 Å². The van der Waals surface area contributed by atoms with Gasteiger partial charge in [0.2, 0.25) is 0 Å². The van der Waals surface area contributed by atoms with Crippen molar-refractivity contribution in [3.8, 4) is 0 Å². The normalized spacial score (nSPS) is 11.0. The van der Waals surface area contributed by atoms with E-state index in [2.05, 4.69) is 12.2 Å². The average Bonchev–Trinajstić information content (AvgIpc) is 2.95. The monoisotopic (exact) mass is 589 g/mol. The van der Waals surface area contributed by atoms with Crippen molar-refractivity contribution in [2.75, 3.05) is 97.8 Å². The lowest BCUT2D eigenvalue weighted by Gasteiger charge is -2.09. The number of carbonyl (C=O) groups excluding carboxylic acids is 1. The number of nitrogens with zero attached hydrogens (tertiary/aromatic N) is 2. The van der Waals surface area contributed by atoms with Crippen molar-refractivity contribution in [1.82, 2.24) is 0 Å². The van der Waals surface area contributed by atoms with Crippen molar-refractivity contribution in [2.24, 2.45) is 0 Å². The Hall–Kier alpha value is -2.95. The Morgan fingerprint density at radius 2 is 1.20 bits per heavy atom. The van der Waals surface area contributed by atoms with E-state index in [9.17, 15) is 25.0 Å².